The molecule has 0 saturated carbocycles. The molecule has 1 aliphatic heterocycles. The van der Waals surface area contributed by atoms with Crippen LogP contribution in [0.2, 0.25) is 0 Å². The molecule has 0 aromatic heterocycles. The molecule has 0 amide bonds. The summed E-state index contributed by atoms with van der Waals surface area (Å²) < 4.78 is 27.6. The maximum absolute atomic E-state index is 10.7. The summed E-state index contributed by atoms with van der Waals surface area (Å²) in [7, 11) is 3.14. The zero-order valence-corrected chi connectivity index (χ0v) is 15.7. The van der Waals surface area contributed by atoms with Crippen LogP contribution < -0.4 is 23.7 Å². The second kappa shape index (κ2) is 8.22. The van der Waals surface area contributed by atoms with E-state index in [9.17, 15) is 5.11 Å². The van der Waals surface area contributed by atoms with E-state index in [0.717, 1.165) is 5.56 Å². The molecule has 3 rings (SSSR count). The molecule has 2 aromatic carbocycles. The van der Waals surface area contributed by atoms with Gasteiger partial charge in [-0.2, -0.15) is 0 Å². The van der Waals surface area contributed by atoms with E-state index in [4.69, 9.17) is 23.7 Å². The molecule has 144 valence electrons. The molecule has 2 aromatic rings. The van der Waals surface area contributed by atoms with E-state index in [2.05, 4.69) is 6.58 Å². The van der Waals surface area contributed by atoms with Crippen molar-refractivity contribution in [2.24, 2.45) is 0 Å². The molecule has 0 aliphatic carbocycles. The van der Waals surface area contributed by atoms with E-state index in [1.807, 2.05) is 12.1 Å². The largest absolute Gasteiger partial charge is 0.493 e. The Morgan fingerprint density at radius 1 is 1.11 bits per heavy atom. The fourth-order valence-electron chi connectivity index (χ4n) is 2.95. The summed E-state index contributed by atoms with van der Waals surface area (Å²) in [6, 6.07) is 9.07. The van der Waals surface area contributed by atoms with E-state index in [0.29, 0.717) is 40.7 Å². The fraction of sp³-hybridized carbons (Fsp3) is 0.333. The lowest BCUT2D eigenvalue weighted by Crippen LogP contribution is -2.22. The molecule has 27 heavy (non-hydrogen) atoms. The Balaban J connectivity index is 1.84. The van der Waals surface area contributed by atoms with Gasteiger partial charge in [0.2, 0.25) is 12.5 Å². The topological polar surface area (TPSA) is 66.4 Å². The van der Waals surface area contributed by atoms with Crippen LogP contribution in [0.1, 0.15) is 24.2 Å². The summed E-state index contributed by atoms with van der Waals surface area (Å²) in [5.41, 5.74) is 1.67. The van der Waals surface area contributed by atoms with Crippen molar-refractivity contribution >= 4 is 0 Å². The Morgan fingerprint density at radius 2 is 1.78 bits per heavy atom. The average molecular weight is 372 g/mol. The standard InChI is InChI=1S/C21H24O6/c1-5-6-14-9-18(23-3)21(19(10-14)24-4)27-13(2)20(22)15-7-8-16-17(11-15)26-12-25-16/h5,7-11,13,20,22H,1,6,12H2,2-4H3/t13-,20+/m1/s1. The van der Waals surface area contributed by atoms with Gasteiger partial charge in [-0.25, -0.2) is 0 Å². The van der Waals surface area contributed by atoms with Gasteiger partial charge in [-0.3, -0.25) is 0 Å². The predicted octanol–water partition coefficient (Wildman–Crippen LogP) is 3.66. The number of methoxy groups -OCH3 is 2. The molecular formula is C21H24O6. The minimum absolute atomic E-state index is 0.187. The van der Waals surface area contributed by atoms with Gasteiger partial charge in [-0.1, -0.05) is 12.1 Å². The van der Waals surface area contributed by atoms with Crippen LogP contribution in [0.3, 0.4) is 0 Å². The second-order valence-corrected chi connectivity index (χ2v) is 6.20. The molecule has 0 unspecified atom stereocenters. The Labute approximate surface area is 158 Å². The van der Waals surface area contributed by atoms with Gasteiger partial charge in [0.05, 0.1) is 14.2 Å². The zero-order valence-electron chi connectivity index (χ0n) is 15.7. The van der Waals surface area contributed by atoms with Gasteiger partial charge in [0, 0.05) is 0 Å². The number of benzene rings is 2. The molecular weight excluding hydrogens is 348 g/mol. The SMILES string of the molecule is C=CCc1cc(OC)c(O[C@H](C)[C@H](O)c2ccc3c(c2)OCO3)c(OC)c1. The van der Waals surface area contributed by atoms with Gasteiger partial charge >= 0.3 is 0 Å². The second-order valence-electron chi connectivity index (χ2n) is 6.20. The van der Waals surface area contributed by atoms with Crippen LogP contribution in [0.25, 0.3) is 0 Å². The lowest BCUT2D eigenvalue weighted by Gasteiger charge is -2.24. The number of allylic oxidation sites excluding steroid dienone is 1. The van der Waals surface area contributed by atoms with Crippen molar-refractivity contribution in [2.75, 3.05) is 21.0 Å². The molecule has 2 atom stereocenters. The molecule has 0 bridgehead atoms. The van der Waals surface area contributed by atoms with E-state index in [-0.39, 0.29) is 6.79 Å². The highest BCUT2D eigenvalue weighted by molar-refractivity contribution is 5.54. The van der Waals surface area contributed by atoms with Gasteiger partial charge in [0.15, 0.2) is 23.0 Å². The van der Waals surface area contributed by atoms with Crippen LogP contribution in [0.4, 0.5) is 0 Å². The maximum atomic E-state index is 10.7. The van der Waals surface area contributed by atoms with Crippen LogP contribution in [0.15, 0.2) is 43.0 Å². The molecule has 6 nitrogen and oxygen atoms in total. The summed E-state index contributed by atoms with van der Waals surface area (Å²) in [5.74, 6) is 2.80. The van der Waals surface area contributed by atoms with E-state index in [1.165, 1.54) is 0 Å². The summed E-state index contributed by atoms with van der Waals surface area (Å²) in [6.07, 6.45) is 1.06. The number of ether oxygens (including phenoxy) is 5. The molecule has 0 spiro atoms. The van der Waals surface area contributed by atoms with Crippen LogP contribution in [-0.2, 0) is 6.42 Å². The number of aliphatic hydroxyl groups is 1. The predicted molar refractivity (Wildman–Crippen MR) is 101 cm³/mol. The summed E-state index contributed by atoms with van der Waals surface area (Å²) in [4.78, 5) is 0. The van der Waals surface area contributed by atoms with Crippen molar-refractivity contribution in [1.29, 1.82) is 0 Å². The highest BCUT2D eigenvalue weighted by Gasteiger charge is 2.24. The molecule has 1 aliphatic rings. The van der Waals surface area contributed by atoms with E-state index >= 15 is 0 Å². The minimum Gasteiger partial charge on any atom is -0.493 e. The van der Waals surface area contributed by atoms with Crippen molar-refractivity contribution in [1.82, 2.24) is 0 Å². The molecule has 0 radical (unpaired) electrons. The van der Waals surface area contributed by atoms with Crippen molar-refractivity contribution in [2.45, 2.75) is 25.6 Å². The lowest BCUT2D eigenvalue weighted by atomic mass is 10.0. The Bertz CT molecular complexity index is 791. The van der Waals surface area contributed by atoms with Gasteiger partial charge in [-0.05, 0) is 48.7 Å². The van der Waals surface area contributed by atoms with Crippen molar-refractivity contribution in [3.63, 3.8) is 0 Å². The first-order chi connectivity index (χ1) is 13.1. The van der Waals surface area contributed by atoms with Crippen molar-refractivity contribution in [3.05, 3.63) is 54.1 Å². The molecule has 0 fully saturated rings. The smallest absolute Gasteiger partial charge is 0.231 e. The summed E-state index contributed by atoms with van der Waals surface area (Å²) in [5, 5.41) is 10.7. The van der Waals surface area contributed by atoms with Crippen LogP contribution >= 0.6 is 0 Å². The monoisotopic (exact) mass is 372 g/mol. The first-order valence-electron chi connectivity index (χ1n) is 8.67. The van der Waals surface area contributed by atoms with Crippen molar-refractivity contribution < 1.29 is 28.8 Å². The number of hydrogen-bond donors (Lipinski definition) is 1. The zero-order chi connectivity index (χ0) is 19.4. The van der Waals surface area contributed by atoms with Crippen LogP contribution in [-0.4, -0.2) is 32.2 Å². The van der Waals surface area contributed by atoms with Gasteiger partial charge in [0.25, 0.3) is 0 Å². The molecule has 1 N–H and O–H groups in total. The van der Waals surface area contributed by atoms with Gasteiger partial charge in [0.1, 0.15) is 12.2 Å². The Hall–Kier alpha value is -2.86. The van der Waals surface area contributed by atoms with Gasteiger partial charge < -0.3 is 28.8 Å². The summed E-state index contributed by atoms with van der Waals surface area (Å²) in [6.45, 7) is 5.72. The Kier molecular flexibility index (Phi) is 5.76. The maximum Gasteiger partial charge on any atom is 0.231 e. The first-order valence-corrected chi connectivity index (χ1v) is 8.67. The molecule has 1 heterocycles. The quantitative estimate of drug-likeness (QED) is 0.714. The normalized spacial score (nSPS) is 14.4. The third kappa shape index (κ3) is 3.95. The lowest BCUT2D eigenvalue weighted by molar-refractivity contribution is 0.0433. The fourth-order valence-corrected chi connectivity index (χ4v) is 2.95. The number of hydrogen-bond acceptors (Lipinski definition) is 6. The third-order valence-electron chi connectivity index (χ3n) is 4.39. The highest BCUT2D eigenvalue weighted by atomic mass is 16.7. The Morgan fingerprint density at radius 3 is 2.41 bits per heavy atom. The van der Waals surface area contributed by atoms with E-state index in [1.54, 1.807) is 45.4 Å². The number of aliphatic hydroxyl groups excluding tert-OH is 1. The minimum atomic E-state index is -0.873. The van der Waals surface area contributed by atoms with E-state index < -0.39 is 12.2 Å². The van der Waals surface area contributed by atoms with Crippen LogP contribution in [0, 0.1) is 0 Å². The first kappa shape index (κ1) is 18.9. The van der Waals surface area contributed by atoms with Gasteiger partial charge in [-0.15, -0.1) is 6.58 Å². The summed E-state index contributed by atoms with van der Waals surface area (Å²) >= 11 is 0. The third-order valence-corrected chi connectivity index (χ3v) is 4.39. The van der Waals surface area contributed by atoms with Crippen molar-refractivity contribution in [3.8, 4) is 28.7 Å². The highest BCUT2D eigenvalue weighted by Crippen LogP contribution is 2.41. The average Bonchev–Trinajstić information content (AvgIpc) is 3.16. The molecule has 0 saturated heterocycles. The number of fused-ring (bicyclic) bond motifs is 1. The van der Waals surface area contributed by atoms with Crippen LogP contribution in [0.5, 0.6) is 28.7 Å². The number of rotatable bonds is 8. The molecule has 6 heteroatoms.